The second-order valence-electron chi connectivity index (χ2n) is 6.58. The molecule has 0 fully saturated rings. The minimum atomic E-state index is -0.356. The van der Waals surface area contributed by atoms with Crippen molar-refractivity contribution in [2.45, 2.75) is 6.92 Å². The van der Waals surface area contributed by atoms with Gasteiger partial charge >= 0.3 is 0 Å². The molecule has 9 heteroatoms. The standard InChI is InChI=1S/C21H19ClN4O4/c1-11-19-12(8-14(16-6-5-7-30-16)23-20(19)26(2)25-11)21(27)24-15-9-13(22)17(28-3)10-18(15)29-4/h5-10H,1-4H3,(H,24,27). The third-order valence-corrected chi connectivity index (χ3v) is 5.00. The van der Waals surface area contributed by atoms with E-state index in [1.165, 1.54) is 14.2 Å². The number of hydrogen-bond donors (Lipinski definition) is 1. The van der Waals surface area contributed by atoms with Crippen molar-refractivity contribution in [2.75, 3.05) is 19.5 Å². The highest BCUT2D eigenvalue weighted by Crippen LogP contribution is 2.36. The Morgan fingerprint density at radius 3 is 2.63 bits per heavy atom. The van der Waals surface area contributed by atoms with Crippen molar-refractivity contribution in [3.63, 3.8) is 0 Å². The molecule has 0 bridgehead atoms. The number of fused-ring (bicyclic) bond motifs is 1. The van der Waals surface area contributed by atoms with Gasteiger partial charge in [0, 0.05) is 13.1 Å². The maximum atomic E-state index is 13.3. The molecule has 0 atom stereocenters. The number of ether oxygens (including phenoxy) is 2. The Morgan fingerprint density at radius 1 is 1.20 bits per heavy atom. The molecule has 0 saturated carbocycles. The average molecular weight is 427 g/mol. The van der Waals surface area contributed by atoms with E-state index >= 15 is 0 Å². The van der Waals surface area contributed by atoms with Gasteiger partial charge in [0.15, 0.2) is 11.4 Å². The van der Waals surface area contributed by atoms with Crippen LogP contribution in [0.2, 0.25) is 5.02 Å². The van der Waals surface area contributed by atoms with Gasteiger partial charge in [0.2, 0.25) is 0 Å². The van der Waals surface area contributed by atoms with E-state index in [1.54, 1.807) is 48.3 Å². The zero-order valence-electron chi connectivity index (χ0n) is 16.8. The molecule has 0 radical (unpaired) electrons. The minimum absolute atomic E-state index is 0.349. The van der Waals surface area contributed by atoms with Gasteiger partial charge in [-0.25, -0.2) is 4.98 Å². The average Bonchev–Trinajstić information content (AvgIpc) is 3.36. The number of rotatable bonds is 5. The lowest BCUT2D eigenvalue weighted by Gasteiger charge is -2.14. The van der Waals surface area contributed by atoms with Crippen LogP contribution in [0.25, 0.3) is 22.5 Å². The summed E-state index contributed by atoms with van der Waals surface area (Å²) in [6.45, 7) is 1.83. The van der Waals surface area contributed by atoms with Gasteiger partial charge in [-0.1, -0.05) is 11.6 Å². The normalized spacial score (nSPS) is 11.0. The second kappa shape index (κ2) is 7.72. The van der Waals surface area contributed by atoms with Gasteiger partial charge in [-0.15, -0.1) is 0 Å². The molecule has 3 aromatic heterocycles. The van der Waals surface area contributed by atoms with Crippen LogP contribution in [0.5, 0.6) is 11.5 Å². The Hall–Kier alpha value is -3.52. The fourth-order valence-corrected chi connectivity index (χ4v) is 3.56. The molecule has 4 aromatic rings. The number of hydrogen-bond acceptors (Lipinski definition) is 6. The molecule has 0 aliphatic rings. The van der Waals surface area contributed by atoms with E-state index in [4.69, 9.17) is 25.5 Å². The molecule has 4 rings (SSSR count). The predicted octanol–water partition coefficient (Wildman–Crippen LogP) is 4.46. The summed E-state index contributed by atoms with van der Waals surface area (Å²) >= 11 is 6.24. The highest BCUT2D eigenvalue weighted by atomic mass is 35.5. The van der Waals surface area contributed by atoms with Gasteiger partial charge in [-0.05, 0) is 31.2 Å². The molecule has 0 aliphatic carbocycles. The number of carbonyl (C=O) groups excluding carboxylic acids is 1. The Labute approximate surface area is 177 Å². The van der Waals surface area contributed by atoms with E-state index in [-0.39, 0.29) is 5.91 Å². The number of anilines is 1. The summed E-state index contributed by atoms with van der Waals surface area (Å²) in [6, 6.07) is 8.43. The molecule has 1 N–H and O–H groups in total. The van der Waals surface area contributed by atoms with E-state index in [1.807, 2.05) is 6.92 Å². The molecule has 1 amide bonds. The first kappa shape index (κ1) is 19.8. The van der Waals surface area contributed by atoms with Crippen molar-refractivity contribution in [3.05, 3.63) is 52.9 Å². The first-order chi connectivity index (χ1) is 14.4. The summed E-state index contributed by atoms with van der Waals surface area (Å²) in [7, 11) is 4.79. The van der Waals surface area contributed by atoms with Crippen molar-refractivity contribution in [1.29, 1.82) is 0 Å². The van der Waals surface area contributed by atoms with Gasteiger partial charge in [-0.3, -0.25) is 9.48 Å². The minimum Gasteiger partial charge on any atom is -0.495 e. The molecule has 154 valence electrons. The van der Waals surface area contributed by atoms with Gasteiger partial charge < -0.3 is 19.2 Å². The molecule has 0 saturated heterocycles. The topological polar surface area (TPSA) is 91.4 Å². The number of benzene rings is 1. The van der Waals surface area contributed by atoms with Gasteiger partial charge in [-0.2, -0.15) is 5.10 Å². The number of furan rings is 1. The number of pyridine rings is 1. The van der Waals surface area contributed by atoms with Crippen LogP contribution < -0.4 is 14.8 Å². The lowest BCUT2D eigenvalue weighted by Crippen LogP contribution is -2.14. The van der Waals surface area contributed by atoms with Crippen molar-refractivity contribution in [2.24, 2.45) is 7.05 Å². The molecular formula is C21H19ClN4O4. The fraction of sp³-hybridized carbons (Fsp3) is 0.190. The third kappa shape index (κ3) is 3.35. The highest BCUT2D eigenvalue weighted by molar-refractivity contribution is 6.32. The predicted molar refractivity (Wildman–Crippen MR) is 113 cm³/mol. The molecule has 8 nitrogen and oxygen atoms in total. The molecule has 30 heavy (non-hydrogen) atoms. The van der Waals surface area contributed by atoms with Crippen LogP contribution in [0.1, 0.15) is 16.1 Å². The molecular weight excluding hydrogens is 408 g/mol. The lowest BCUT2D eigenvalue weighted by atomic mass is 10.1. The van der Waals surface area contributed by atoms with Crippen LogP contribution in [-0.4, -0.2) is 34.9 Å². The number of nitrogens with one attached hydrogen (secondary N) is 1. The molecule has 3 heterocycles. The van der Waals surface area contributed by atoms with E-state index < -0.39 is 0 Å². The van der Waals surface area contributed by atoms with Crippen LogP contribution >= 0.6 is 11.6 Å². The molecule has 1 aromatic carbocycles. The maximum absolute atomic E-state index is 13.3. The van der Waals surface area contributed by atoms with Crippen LogP contribution in [0.4, 0.5) is 5.69 Å². The van der Waals surface area contributed by atoms with E-state index in [2.05, 4.69) is 15.4 Å². The number of nitrogens with zero attached hydrogens (tertiary/aromatic N) is 3. The van der Waals surface area contributed by atoms with E-state index in [9.17, 15) is 4.79 Å². The summed E-state index contributed by atoms with van der Waals surface area (Å²) in [5.41, 5.74) is 2.62. The van der Waals surface area contributed by atoms with Crippen molar-refractivity contribution < 1.29 is 18.7 Å². The summed E-state index contributed by atoms with van der Waals surface area (Å²) in [5.74, 6) is 1.06. The first-order valence-corrected chi connectivity index (χ1v) is 9.41. The number of aromatic nitrogens is 3. The van der Waals surface area contributed by atoms with Crippen molar-refractivity contribution >= 4 is 34.2 Å². The SMILES string of the molecule is COc1cc(OC)c(NC(=O)c2cc(-c3ccco3)nc3c2c(C)nn3C)cc1Cl. The second-order valence-corrected chi connectivity index (χ2v) is 6.99. The largest absolute Gasteiger partial charge is 0.495 e. The number of aryl methyl sites for hydroxylation is 2. The monoisotopic (exact) mass is 426 g/mol. The summed E-state index contributed by atoms with van der Waals surface area (Å²) < 4.78 is 17.7. The molecule has 0 spiro atoms. The highest BCUT2D eigenvalue weighted by Gasteiger charge is 2.21. The van der Waals surface area contributed by atoms with Gasteiger partial charge in [0.1, 0.15) is 17.2 Å². The van der Waals surface area contributed by atoms with Crippen molar-refractivity contribution in [1.82, 2.24) is 14.8 Å². The maximum Gasteiger partial charge on any atom is 0.256 e. The summed E-state index contributed by atoms with van der Waals surface area (Å²) in [5, 5.41) is 8.29. The number of methoxy groups -OCH3 is 2. The number of carbonyl (C=O) groups is 1. The quantitative estimate of drug-likeness (QED) is 0.506. The number of amides is 1. The van der Waals surface area contributed by atoms with E-state index in [0.717, 1.165) is 0 Å². The Morgan fingerprint density at radius 2 is 1.97 bits per heavy atom. The zero-order chi connectivity index (χ0) is 21.4. The van der Waals surface area contributed by atoms with Crippen LogP contribution in [0, 0.1) is 6.92 Å². The zero-order valence-corrected chi connectivity index (χ0v) is 17.6. The van der Waals surface area contributed by atoms with E-state index in [0.29, 0.717) is 56.0 Å². The fourth-order valence-electron chi connectivity index (χ4n) is 3.32. The van der Waals surface area contributed by atoms with Crippen LogP contribution in [0.3, 0.4) is 0 Å². The van der Waals surface area contributed by atoms with Crippen molar-refractivity contribution in [3.8, 4) is 23.0 Å². The molecule has 0 aliphatic heterocycles. The molecule has 0 unspecified atom stereocenters. The third-order valence-electron chi connectivity index (χ3n) is 4.71. The van der Waals surface area contributed by atoms with Gasteiger partial charge in [0.05, 0.1) is 47.8 Å². The summed E-state index contributed by atoms with van der Waals surface area (Å²) in [6.07, 6.45) is 1.56. The van der Waals surface area contributed by atoms with Crippen LogP contribution in [-0.2, 0) is 7.05 Å². The van der Waals surface area contributed by atoms with Gasteiger partial charge in [0.25, 0.3) is 5.91 Å². The lowest BCUT2D eigenvalue weighted by molar-refractivity contribution is 0.102. The number of halogens is 1. The first-order valence-electron chi connectivity index (χ1n) is 9.04. The Bertz CT molecular complexity index is 1250. The Balaban J connectivity index is 1.83. The smallest absolute Gasteiger partial charge is 0.256 e. The summed E-state index contributed by atoms with van der Waals surface area (Å²) in [4.78, 5) is 17.9. The Kier molecular flexibility index (Phi) is 5.09. The van der Waals surface area contributed by atoms with Crippen LogP contribution in [0.15, 0.2) is 41.0 Å².